The second-order valence-electron chi connectivity index (χ2n) is 3.15. The molecule has 0 aromatic carbocycles. The average Bonchev–Trinajstić information content (AvgIpc) is 2.05. The van der Waals surface area contributed by atoms with Gasteiger partial charge in [0.15, 0.2) is 0 Å². The fourth-order valence-corrected chi connectivity index (χ4v) is 1.01. The molecule has 0 fully saturated rings. The van der Waals surface area contributed by atoms with Crippen molar-refractivity contribution < 1.29 is 14.6 Å². The number of ether oxygens (including phenoxy) is 1. The average molecular weight is 189 g/mol. The van der Waals surface area contributed by atoms with Crippen LogP contribution in [0.1, 0.15) is 33.1 Å². The minimum Gasteiger partial charge on any atom is -0.462 e. The first kappa shape index (κ1) is 12.4. The molecule has 4 heteroatoms. The Morgan fingerprint density at radius 1 is 1.54 bits per heavy atom. The quantitative estimate of drug-likeness (QED) is 0.594. The van der Waals surface area contributed by atoms with Crippen LogP contribution in [-0.2, 0) is 9.53 Å². The zero-order valence-corrected chi connectivity index (χ0v) is 8.32. The van der Waals surface area contributed by atoms with E-state index < -0.39 is 12.0 Å². The molecule has 13 heavy (non-hydrogen) atoms. The molecule has 0 rings (SSSR count). The summed E-state index contributed by atoms with van der Waals surface area (Å²) in [5.74, 6) is -0.421. The standard InChI is InChI=1S/C9H19NO3/c1-3-4-7(2)13-9(12)8(10)5-6-11/h7-8,11H,3-6,10H2,1-2H3/t7?,8-/m0/s1. The molecule has 0 amide bonds. The van der Waals surface area contributed by atoms with Gasteiger partial charge in [0.25, 0.3) is 0 Å². The molecular weight excluding hydrogens is 170 g/mol. The molecule has 0 aliphatic rings. The number of hydrogen-bond donors (Lipinski definition) is 2. The summed E-state index contributed by atoms with van der Waals surface area (Å²) >= 11 is 0. The van der Waals surface area contributed by atoms with Crippen LogP contribution in [0.4, 0.5) is 0 Å². The molecular formula is C9H19NO3. The summed E-state index contributed by atoms with van der Waals surface area (Å²) in [6.45, 7) is 3.78. The summed E-state index contributed by atoms with van der Waals surface area (Å²) in [7, 11) is 0. The highest BCUT2D eigenvalue weighted by molar-refractivity contribution is 5.75. The predicted octanol–water partition coefficient (Wildman–Crippen LogP) is 0.428. The van der Waals surface area contributed by atoms with Gasteiger partial charge in [-0.05, 0) is 19.8 Å². The van der Waals surface area contributed by atoms with E-state index in [2.05, 4.69) is 0 Å². The van der Waals surface area contributed by atoms with Crippen molar-refractivity contribution in [3.63, 3.8) is 0 Å². The van der Waals surface area contributed by atoms with Gasteiger partial charge < -0.3 is 15.6 Å². The second-order valence-corrected chi connectivity index (χ2v) is 3.15. The molecule has 0 heterocycles. The highest BCUT2D eigenvalue weighted by Crippen LogP contribution is 2.03. The normalized spacial score (nSPS) is 15.1. The predicted molar refractivity (Wildman–Crippen MR) is 50.1 cm³/mol. The van der Waals surface area contributed by atoms with Crippen LogP contribution in [0, 0.1) is 0 Å². The van der Waals surface area contributed by atoms with Gasteiger partial charge in [-0.15, -0.1) is 0 Å². The summed E-state index contributed by atoms with van der Waals surface area (Å²) in [5, 5.41) is 8.54. The van der Waals surface area contributed by atoms with E-state index in [0.29, 0.717) is 0 Å². The summed E-state index contributed by atoms with van der Waals surface area (Å²) < 4.78 is 5.03. The molecule has 0 spiro atoms. The smallest absolute Gasteiger partial charge is 0.323 e. The Morgan fingerprint density at radius 2 is 2.15 bits per heavy atom. The molecule has 0 aromatic rings. The van der Waals surface area contributed by atoms with Crippen LogP contribution in [-0.4, -0.2) is 29.8 Å². The summed E-state index contributed by atoms with van der Waals surface area (Å²) in [6, 6.07) is -0.690. The van der Waals surface area contributed by atoms with Crippen molar-refractivity contribution in [2.24, 2.45) is 5.73 Å². The Labute approximate surface area is 79.1 Å². The van der Waals surface area contributed by atoms with E-state index in [1.165, 1.54) is 0 Å². The molecule has 0 radical (unpaired) electrons. The number of aliphatic hydroxyl groups is 1. The summed E-state index contributed by atoms with van der Waals surface area (Å²) in [6.07, 6.45) is 2.00. The number of nitrogens with two attached hydrogens (primary N) is 1. The van der Waals surface area contributed by atoms with Crippen LogP contribution >= 0.6 is 0 Å². The number of aliphatic hydroxyl groups excluding tert-OH is 1. The van der Waals surface area contributed by atoms with Crippen molar-refractivity contribution in [3.8, 4) is 0 Å². The lowest BCUT2D eigenvalue weighted by Gasteiger charge is -2.15. The zero-order valence-electron chi connectivity index (χ0n) is 8.32. The Hall–Kier alpha value is -0.610. The molecule has 0 saturated carbocycles. The first-order chi connectivity index (χ1) is 6.11. The fourth-order valence-electron chi connectivity index (χ4n) is 1.01. The Balaban J connectivity index is 3.71. The molecule has 78 valence electrons. The molecule has 4 nitrogen and oxygen atoms in total. The van der Waals surface area contributed by atoms with Crippen molar-refractivity contribution in [1.82, 2.24) is 0 Å². The van der Waals surface area contributed by atoms with Gasteiger partial charge in [0.05, 0.1) is 6.10 Å². The maximum Gasteiger partial charge on any atom is 0.323 e. The highest BCUT2D eigenvalue weighted by atomic mass is 16.5. The number of esters is 1. The van der Waals surface area contributed by atoms with Crippen LogP contribution in [0.25, 0.3) is 0 Å². The van der Waals surface area contributed by atoms with Gasteiger partial charge in [-0.25, -0.2) is 0 Å². The van der Waals surface area contributed by atoms with Crippen molar-refractivity contribution in [1.29, 1.82) is 0 Å². The zero-order chi connectivity index (χ0) is 10.3. The Bertz CT molecular complexity index is 150. The van der Waals surface area contributed by atoms with Gasteiger partial charge in [0, 0.05) is 6.61 Å². The van der Waals surface area contributed by atoms with Crippen LogP contribution in [0.2, 0.25) is 0 Å². The molecule has 2 atom stereocenters. The number of carbonyl (C=O) groups excluding carboxylic acids is 1. The maximum absolute atomic E-state index is 11.2. The number of carbonyl (C=O) groups is 1. The van der Waals surface area contributed by atoms with Gasteiger partial charge in [-0.1, -0.05) is 13.3 Å². The number of rotatable bonds is 6. The summed E-state index contributed by atoms with van der Waals surface area (Å²) in [5.41, 5.74) is 5.44. The summed E-state index contributed by atoms with van der Waals surface area (Å²) in [4.78, 5) is 11.2. The topological polar surface area (TPSA) is 72.5 Å². The minimum absolute atomic E-state index is 0.0813. The lowest BCUT2D eigenvalue weighted by atomic mass is 10.2. The van der Waals surface area contributed by atoms with Crippen LogP contribution in [0.15, 0.2) is 0 Å². The molecule has 0 aromatic heterocycles. The SMILES string of the molecule is CCCC(C)OC(=O)[C@@H](N)CCO. The molecule has 0 aliphatic carbocycles. The van der Waals surface area contributed by atoms with E-state index in [9.17, 15) is 4.79 Å². The highest BCUT2D eigenvalue weighted by Gasteiger charge is 2.16. The molecule has 0 bridgehead atoms. The largest absolute Gasteiger partial charge is 0.462 e. The third-order valence-corrected chi connectivity index (χ3v) is 1.76. The van der Waals surface area contributed by atoms with E-state index in [1.54, 1.807) is 0 Å². The molecule has 0 saturated heterocycles. The lowest BCUT2D eigenvalue weighted by molar-refractivity contribution is -0.150. The van der Waals surface area contributed by atoms with Crippen LogP contribution in [0.5, 0.6) is 0 Å². The first-order valence-electron chi connectivity index (χ1n) is 4.68. The fraction of sp³-hybridized carbons (Fsp3) is 0.889. The molecule has 1 unspecified atom stereocenters. The maximum atomic E-state index is 11.2. The Kier molecular flexibility index (Phi) is 6.54. The Morgan fingerprint density at radius 3 is 2.62 bits per heavy atom. The van der Waals surface area contributed by atoms with Crippen molar-refractivity contribution >= 4 is 5.97 Å². The van der Waals surface area contributed by atoms with E-state index >= 15 is 0 Å². The van der Waals surface area contributed by atoms with E-state index in [4.69, 9.17) is 15.6 Å². The van der Waals surface area contributed by atoms with Gasteiger partial charge in [0.2, 0.25) is 0 Å². The molecule has 3 N–H and O–H groups in total. The van der Waals surface area contributed by atoms with E-state index in [1.807, 2.05) is 13.8 Å². The van der Waals surface area contributed by atoms with Gasteiger partial charge in [-0.2, -0.15) is 0 Å². The van der Waals surface area contributed by atoms with Gasteiger partial charge >= 0.3 is 5.97 Å². The van der Waals surface area contributed by atoms with Crippen molar-refractivity contribution in [2.45, 2.75) is 45.3 Å². The minimum atomic E-state index is -0.690. The van der Waals surface area contributed by atoms with Crippen molar-refractivity contribution in [2.75, 3.05) is 6.61 Å². The lowest BCUT2D eigenvalue weighted by Crippen LogP contribution is -2.35. The third kappa shape index (κ3) is 5.60. The monoisotopic (exact) mass is 189 g/mol. The van der Waals surface area contributed by atoms with Crippen LogP contribution in [0.3, 0.4) is 0 Å². The number of hydrogen-bond acceptors (Lipinski definition) is 4. The van der Waals surface area contributed by atoms with E-state index in [0.717, 1.165) is 12.8 Å². The van der Waals surface area contributed by atoms with Crippen molar-refractivity contribution in [3.05, 3.63) is 0 Å². The van der Waals surface area contributed by atoms with Gasteiger partial charge in [0.1, 0.15) is 6.04 Å². The van der Waals surface area contributed by atoms with Gasteiger partial charge in [-0.3, -0.25) is 4.79 Å². The first-order valence-corrected chi connectivity index (χ1v) is 4.68. The molecule has 0 aliphatic heterocycles. The second kappa shape index (κ2) is 6.86. The van der Waals surface area contributed by atoms with E-state index in [-0.39, 0.29) is 19.1 Å². The third-order valence-electron chi connectivity index (χ3n) is 1.76. The van der Waals surface area contributed by atoms with Crippen LogP contribution < -0.4 is 5.73 Å².